The number of nitrogens with zero attached hydrogens (tertiary/aromatic N) is 3. The Morgan fingerprint density at radius 3 is 2.75 bits per heavy atom. The zero-order valence-corrected chi connectivity index (χ0v) is 12.2. The maximum atomic E-state index is 12.2. The van der Waals surface area contributed by atoms with Crippen molar-refractivity contribution in [3.8, 4) is 0 Å². The summed E-state index contributed by atoms with van der Waals surface area (Å²) >= 11 is 0. The summed E-state index contributed by atoms with van der Waals surface area (Å²) in [7, 11) is -3.60. The van der Waals surface area contributed by atoms with Crippen LogP contribution in [-0.2, 0) is 23.1 Å². The highest BCUT2D eigenvalue weighted by Gasteiger charge is 2.19. The highest BCUT2D eigenvalue weighted by molar-refractivity contribution is 7.89. The van der Waals surface area contributed by atoms with Crippen LogP contribution in [-0.4, -0.2) is 28.2 Å². The minimum absolute atomic E-state index is 0.0626. The second kappa shape index (κ2) is 5.73. The van der Waals surface area contributed by atoms with Gasteiger partial charge in [-0.1, -0.05) is 0 Å². The third-order valence-electron chi connectivity index (χ3n) is 2.88. The van der Waals surface area contributed by atoms with Gasteiger partial charge in [0.1, 0.15) is 12.2 Å². The van der Waals surface area contributed by atoms with Gasteiger partial charge in [-0.3, -0.25) is 5.10 Å². The molecule has 2 aromatic rings. The van der Waals surface area contributed by atoms with E-state index in [1.165, 1.54) is 6.33 Å². The molecule has 20 heavy (non-hydrogen) atoms. The lowest BCUT2D eigenvalue weighted by molar-refractivity contribution is 0.568. The number of nitrogens with two attached hydrogens (primary N) is 1. The first-order valence-corrected chi connectivity index (χ1v) is 7.67. The summed E-state index contributed by atoms with van der Waals surface area (Å²) < 4.78 is 28.7. The van der Waals surface area contributed by atoms with E-state index in [0.717, 1.165) is 5.69 Å². The van der Waals surface area contributed by atoms with Crippen LogP contribution in [0.4, 0.5) is 0 Å². The molecule has 0 saturated carbocycles. The van der Waals surface area contributed by atoms with Crippen molar-refractivity contribution in [3.63, 3.8) is 0 Å². The Morgan fingerprint density at radius 2 is 2.25 bits per heavy atom. The maximum Gasteiger partial charge on any atom is 0.242 e. The standard InChI is InChI=1S/C11H18N6O2S/c1-8(2)17-6-10(3-9(17)4-12)20(18,19)15-5-11-13-7-14-16-11/h3,6-8,15H,4-5,12H2,1-2H3,(H,13,14,16). The van der Waals surface area contributed by atoms with Crippen molar-refractivity contribution >= 4 is 10.0 Å². The lowest BCUT2D eigenvalue weighted by atomic mass is 10.3. The number of aromatic amines is 1. The van der Waals surface area contributed by atoms with Gasteiger partial charge in [0.15, 0.2) is 0 Å². The molecule has 0 atom stereocenters. The van der Waals surface area contributed by atoms with E-state index in [2.05, 4.69) is 19.9 Å². The van der Waals surface area contributed by atoms with Crippen molar-refractivity contribution in [2.75, 3.05) is 0 Å². The summed E-state index contributed by atoms with van der Waals surface area (Å²) in [5.74, 6) is 0.455. The smallest absolute Gasteiger partial charge is 0.242 e. The van der Waals surface area contributed by atoms with Gasteiger partial charge < -0.3 is 10.3 Å². The fourth-order valence-corrected chi connectivity index (χ4v) is 2.89. The SMILES string of the molecule is CC(C)n1cc(S(=O)(=O)NCc2ncn[nH]2)cc1CN. The largest absolute Gasteiger partial charge is 0.346 e. The number of aromatic nitrogens is 4. The van der Waals surface area contributed by atoms with Gasteiger partial charge in [-0.15, -0.1) is 0 Å². The van der Waals surface area contributed by atoms with Crippen LogP contribution < -0.4 is 10.5 Å². The Hall–Kier alpha value is -1.71. The molecule has 0 unspecified atom stereocenters. The number of hydrogen-bond donors (Lipinski definition) is 3. The number of H-pyrrole nitrogens is 1. The van der Waals surface area contributed by atoms with Crippen LogP contribution in [0.25, 0.3) is 0 Å². The molecule has 0 radical (unpaired) electrons. The summed E-state index contributed by atoms with van der Waals surface area (Å²) in [6.07, 6.45) is 2.92. The first-order valence-electron chi connectivity index (χ1n) is 6.18. The Kier molecular flexibility index (Phi) is 4.21. The third-order valence-corrected chi connectivity index (χ3v) is 4.25. The molecule has 0 saturated heterocycles. The minimum Gasteiger partial charge on any atom is -0.346 e. The highest BCUT2D eigenvalue weighted by atomic mass is 32.2. The molecule has 0 fully saturated rings. The van der Waals surface area contributed by atoms with E-state index >= 15 is 0 Å². The maximum absolute atomic E-state index is 12.2. The van der Waals surface area contributed by atoms with E-state index in [4.69, 9.17) is 5.73 Å². The molecule has 0 bridgehead atoms. The van der Waals surface area contributed by atoms with Crippen molar-refractivity contribution in [2.45, 2.75) is 37.9 Å². The number of nitrogens with one attached hydrogen (secondary N) is 2. The minimum atomic E-state index is -3.60. The molecule has 0 aromatic carbocycles. The normalized spacial score (nSPS) is 12.2. The Bertz CT molecular complexity index is 659. The molecule has 0 aliphatic rings. The van der Waals surface area contributed by atoms with Crippen molar-refractivity contribution in [2.24, 2.45) is 5.73 Å². The van der Waals surface area contributed by atoms with Gasteiger partial charge in [0.05, 0.1) is 11.4 Å². The molecule has 2 heterocycles. The second-order valence-corrected chi connectivity index (χ2v) is 6.40. The van der Waals surface area contributed by atoms with Crippen LogP contribution in [0.15, 0.2) is 23.5 Å². The average Bonchev–Trinajstić information content (AvgIpc) is 3.05. The van der Waals surface area contributed by atoms with Crippen LogP contribution in [0.3, 0.4) is 0 Å². The predicted octanol–water partition coefficient (Wildman–Crippen LogP) is 0.124. The molecule has 0 aliphatic heterocycles. The second-order valence-electron chi connectivity index (χ2n) is 4.63. The van der Waals surface area contributed by atoms with Crippen molar-refractivity contribution in [1.82, 2.24) is 24.5 Å². The molecule has 0 amide bonds. The summed E-state index contributed by atoms with van der Waals surface area (Å²) in [4.78, 5) is 4.06. The third kappa shape index (κ3) is 3.06. The van der Waals surface area contributed by atoms with Gasteiger partial charge >= 0.3 is 0 Å². The van der Waals surface area contributed by atoms with E-state index in [1.54, 1.807) is 12.3 Å². The molecule has 4 N–H and O–H groups in total. The van der Waals surface area contributed by atoms with Gasteiger partial charge in [-0.05, 0) is 19.9 Å². The lowest BCUT2D eigenvalue weighted by Gasteiger charge is -2.10. The van der Waals surface area contributed by atoms with Crippen molar-refractivity contribution in [3.05, 3.63) is 30.1 Å². The van der Waals surface area contributed by atoms with E-state index in [9.17, 15) is 8.42 Å². The topological polar surface area (TPSA) is 119 Å². The summed E-state index contributed by atoms with van der Waals surface area (Å²) in [5, 5.41) is 6.25. The molecule has 2 aromatic heterocycles. The Morgan fingerprint density at radius 1 is 1.50 bits per heavy atom. The van der Waals surface area contributed by atoms with Gasteiger partial charge in [-0.2, -0.15) is 5.10 Å². The van der Waals surface area contributed by atoms with Gasteiger partial charge in [0.25, 0.3) is 0 Å². The zero-order valence-electron chi connectivity index (χ0n) is 11.4. The molecule has 0 spiro atoms. The van der Waals surface area contributed by atoms with Crippen LogP contribution in [0, 0.1) is 0 Å². The molecule has 110 valence electrons. The van der Waals surface area contributed by atoms with Gasteiger partial charge in [0, 0.05) is 24.5 Å². The monoisotopic (exact) mass is 298 g/mol. The molecule has 9 heteroatoms. The molecular formula is C11H18N6O2S. The fourth-order valence-electron chi connectivity index (χ4n) is 1.85. The average molecular weight is 298 g/mol. The molecular weight excluding hydrogens is 280 g/mol. The van der Waals surface area contributed by atoms with E-state index in [1.807, 2.05) is 18.4 Å². The summed E-state index contributed by atoms with van der Waals surface area (Å²) in [6, 6.07) is 1.73. The van der Waals surface area contributed by atoms with Gasteiger partial charge in [0.2, 0.25) is 10.0 Å². The van der Waals surface area contributed by atoms with Crippen LogP contribution in [0.2, 0.25) is 0 Å². The Labute approximate surface area is 117 Å². The predicted molar refractivity (Wildman–Crippen MR) is 73.1 cm³/mol. The molecule has 0 aliphatic carbocycles. The molecule has 2 rings (SSSR count). The van der Waals surface area contributed by atoms with E-state index in [-0.39, 0.29) is 24.0 Å². The molecule has 8 nitrogen and oxygen atoms in total. The van der Waals surface area contributed by atoms with Crippen LogP contribution in [0.5, 0.6) is 0 Å². The fraction of sp³-hybridized carbons (Fsp3) is 0.455. The quantitative estimate of drug-likeness (QED) is 0.700. The Balaban J connectivity index is 2.21. The highest BCUT2D eigenvalue weighted by Crippen LogP contribution is 2.18. The van der Waals surface area contributed by atoms with Crippen molar-refractivity contribution in [1.29, 1.82) is 0 Å². The zero-order chi connectivity index (χ0) is 14.8. The van der Waals surface area contributed by atoms with Crippen LogP contribution >= 0.6 is 0 Å². The van der Waals surface area contributed by atoms with Crippen LogP contribution in [0.1, 0.15) is 31.4 Å². The summed E-state index contributed by atoms with van der Waals surface area (Å²) in [5.41, 5.74) is 6.41. The number of rotatable bonds is 6. The lowest BCUT2D eigenvalue weighted by Crippen LogP contribution is -2.23. The van der Waals surface area contributed by atoms with Crippen molar-refractivity contribution < 1.29 is 8.42 Å². The van der Waals surface area contributed by atoms with E-state index in [0.29, 0.717) is 5.82 Å². The number of sulfonamides is 1. The first kappa shape index (κ1) is 14.7. The summed E-state index contributed by atoms with van der Waals surface area (Å²) in [6.45, 7) is 4.29. The number of hydrogen-bond acceptors (Lipinski definition) is 5. The van der Waals surface area contributed by atoms with E-state index < -0.39 is 10.0 Å². The van der Waals surface area contributed by atoms with Gasteiger partial charge in [-0.25, -0.2) is 18.1 Å². The first-order chi connectivity index (χ1) is 9.44.